The lowest BCUT2D eigenvalue weighted by molar-refractivity contribution is -0.118. The van der Waals surface area contributed by atoms with Gasteiger partial charge in [0.25, 0.3) is 0 Å². The number of amides is 1. The Morgan fingerprint density at radius 3 is 2.15 bits per heavy atom. The fraction of sp³-hybridized carbons (Fsp3) is 0.462. The lowest BCUT2D eigenvalue weighted by atomic mass is 10.2. The van der Waals surface area contributed by atoms with Crippen LogP contribution < -0.4 is 25.3 Å². The van der Waals surface area contributed by atoms with Crippen LogP contribution in [0.3, 0.4) is 0 Å². The Kier molecular flexibility index (Phi) is 6.08. The highest BCUT2D eigenvalue weighted by Gasteiger charge is 2.17. The molecule has 20 heavy (non-hydrogen) atoms. The minimum absolute atomic E-state index is 0.126. The first-order chi connectivity index (χ1) is 9.57. The maximum Gasteiger partial charge on any atom is 0.243 e. The molecule has 1 aromatic carbocycles. The molecule has 0 bridgehead atoms. The zero-order valence-electron chi connectivity index (χ0n) is 12.1. The molecule has 1 atom stereocenters. The summed E-state index contributed by atoms with van der Waals surface area (Å²) in [6.45, 7) is 0.126. The second-order valence-electron chi connectivity index (χ2n) is 3.96. The van der Waals surface area contributed by atoms with Gasteiger partial charge in [-0.2, -0.15) is 0 Å². The Bertz CT molecular complexity index is 464. The summed E-state index contributed by atoms with van der Waals surface area (Å²) in [4.78, 5) is 11.9. The summed E-state index contributed by atoms with van der Waals surface area (Å²) in [5.41, 5.74) is 6.11. The molecule has 0 radical (unpaired) electrons. The molecule has 0 fully saturated rings. The molecule has 0 spiro atoms. The lowest BCUT2D eigenvalue weighted by Crippen LogP contribution is -2.39. The molecule has 1 amide bonds. The smallest absolute Gasteiger partial charge is 0.243 e. The van der Waals surface area contributed by atoms with E-state index in [9.17, 15) is 4.79 Å². The number of methoxy groups -OCH3 is 4. The number of hydrogen-bond donors (Lipinski definition) is 2. The summed E-state index contributed by atoms with van der Waals surface area (Å²) in [5.74, 6) is 1.05. The minimum atomic E-state index is -0.766. The third kappa shape index (κ3) is 3.75. The quantitative estimate of drug-likeness (QED) is 0.763. The van der Waals surface area contributed by atoms with E-state index in [1.807, 2.05) is 0 Å². The molecule has 112 valence electrons. The summed E-state index contributed by atoms with van der Waals surface area (Å²) < 4.78 is 20.4. The third-order valence-corrected chi connectivity index (χ3v) is 2.65. The first-order valence-corrected chi connectivity index (χ1v) is 5.92. The second kappa shape index (κ2) is 7.56. The van der Waals surface area contributed by atoms with Crippen molar-refractivity contribution in [2.75, 3.05) is 40.4 Å². The van der Waals surface area contributed by atoms with Gasteiger partial charge in [-0.3, -0.25) is 4.79 Å². The summed E-state index contributed by atoms with van der Waals surface area (Å²) in [7, 11) is 5.99. The van der Waals surface area contributed by atoms with Crippen molar-refractivity contribution in [2.24, 2.45) is 5.73 Å². The van der Waals surface area contributed by atoms with E-state index in [0.29, 0.717) is 22.9 Å². The maximum atomic E-state index is 11.9. The van der Waals surface area contributed by atoms with Gasteiger partial charge >= 0.3 is 0 Å². The van der Waals surface area contributed by atoms with E-state index in [2.05, 4.69) is 5.32 Å². The fourth-order valence-electron chi connectivity index (χ4n) is 1.61. The molecule has 7 heteroatoms. The predicted molar refractivity (Wildman–Crippen MR) is 74.6 cm³/mol. The highest BCUT2D eigenvalue weighted by atomic mass is 16.5. The van der Waals surface area contributed by atoms with Crippen LogP contribution in [0.1, 0.15) is 0 Å². The minimum Gasteiger partial charge on any atom is -0.494 e. The first-order valence-electron chi connectivity index (χ1n) is 5.92. The van der Waals surface area contributed by atoms with Crippen LogP contribution in [-0.2, 0) is 9.53 Å². The van der Waals surface area contributed by atoms with Gasteiger partial charge in [-0.25, -0.2) is 0 Å². The van der Waals surface area contributed by atoms with E-state index in [1.54, 1.807) is 12.1 Å². The molecule has 0 aliphatic heterocycles. The van der Waals surface area contributed by atoms with Gasteiger partial charge in [-0.05, 0) is 0 Å². The van der Waals surface area contributed by atoms with E-state index >= 15 is 0 Å². The van der Waals surface area contributed by atoms with Crippen LogP contribution in [0.2, 0.25) is 0 Å². The van der Waals surface area contributed by atoms with Crippen molar-refractivity contribution in [3.63, 3.8) is 0 Å². The van der Waals surface area contributed by atoms with Gasteiger partial charge in [-0.1, -0.05) is 0 Å². The number of anilines is 1. The number of hydrogen-bond acceptors (Lipinski definition) is 6. The Morgan fingerprint density at radius 2 is 1.65 bits per heavy atom. The molecule has 3 N–H and O–H groups in total. The zero-order valence-corrected chi connectivity index (χ0v) is 12.1. The monoisotopic (exact) mass is 284 g/mol. The van der Waals surface area contributed by atoms with Crippen LogP contribution in [0.4, 0.5) is 5.69 Å². The van der Waals surface area contributed by atoms with E-state index < -0.39 is 6.04 Å². The molecule has 0 heterocycles. The Labute approximate surface area is 117 Å². The van der Waals surface area contributed by atoms with E-state index in [-0.39, 0.29) is 12.5 Å². The standard InChI is InChI=1S/C13H20N2O5/c1-17-7-8(14)13(16)15-9-5-11(19-3)12(20-4)6-10(9)18-2/h5-6,8H,7,14H2,1-4H3,(H,15,16). The van der Waals surface area contributed by atoms with Gasteiger partial charge in [0.2, 0.25) is 5.91 Å². The van der Waals surface area contributed by atoms with Crippen molar-refractivity contribution >= 4 is 11.6 Å². The molecule has 0 saturated heterocycles. The lowest BCUT2D eigenvalue weighted by Gasteiger charge is -2.16. The summed E-state index contributed by atoms with van der Waals surface area (Å²) in [6, 6.07) is 2.46. The van der Waals surface area contributed by atoms with Crippen molar-refractivity contribution in [2.45, 2.75) is 6.04 Å². The van der Waals surface area contributed by atoms with Crippen molar-refractivity contribution in [3.05, 3.63) is 12.1 Å². The van der Waals surface area contributed by atoms with Crippen molar-refractivity contribution < 1.29 is 23.7 Å². The number of ether oxygens (including phenoxy) is 4. The summed E-state index contributed by atoms with van der Waals surface area (Å²) in [6.07, 6.45) is 0. The topological polar surface area (TPSA) is 92.0 Å². The van der Waals surface area contributed by atoms with E-state index in [1.165, 1.54) is 28.4 Å². The summed E-state index contributed by atoms with van der Waals surface area (Å²) in [5, 5.41) is 2.67. The number of nitrogens with one attached hydrogen (secondary N) is 1. The highest BCUT2D eigenvalue weighted by Crippen LogP contribution is 2.37. The predicted octanol–water partition coefficient (Wildman–Crippen LogP) is 0.625. The maximum absolute atomic E-state index is 11.9. The fourth-order valence-corrected chi connectivity index (χ4v) is 1.61. The number of benzene rings is 1. The molecule has 1 unspecified atom stereocenters. The number of carbonyl (C=O) groups excluding carboxylic acids is 1. The van der Waals surface area contributed by atoms with Gasteiger partial charge in [0.15, 0.2) is 11.5 Å². The highest BCUT2D eigenvalue weighted by molar-refractivity contribution is 5.96. The zero-order chi connectivity index (χ0) is 15.1. The van der Waals surface area contributed by atoms with Crippen molar-refractivity contribution in [1.82, 2.24) is 0 Å². The van der Waals surface area contributed by atoms with Crippen molar-refractivity contribution in [3.8, 4) is 17.2 Å². The number of carbonyl (C=O) groups is 1. The number of nitrogens with two attached hydrogens (primary N) is 1. The van der Waals surface area contributed by atoms with Crippen LogP contribution in [0.15, 0.2) is 12.1 Å². The molecule has 0 aliphatic rings. The second-order valence-corrected chi connectivity index (χ2v) is 3.96. The molecular formula is C13H20N2O5. The van der Waals surface area contributed by atoms with Crippen LogP contribution in [0.5, 0.6) is 17.2 Å². The molecular weight excluding hydrogens is 264 g/mol. The molecule has 7 nitrogen and oxygen atoms in total. The van der Waals surface area contributed by atoms with Crippen LogP contribution >= 0.6 is 0 Å². The Morgan fingerprint density at radius 1 is 1.10 bits per heavy atom. The SMILES string of the molecule is COCC(N)C(=O)Nc1cc(OC)c(OC)cc1OC. The Hall–Kier alpha value is -1.99. The van der Waals surface area contributed by atoms with E-state index in [4.69, 9.17) is 24.7 Å². The molecule has 0 aromatic heterocycles. The van der Waals surface area contributed by atoms with Crippen LogP contribution in [-0.4, -0.2) is 47.0 Å². The van der Waals surface area contributed by atoms with Gasteiger partial charge in [0.05, 0.1) is 33.6 Å². The normalized spacial score (nSPS) is 11.7. The van der Waals surface area contributed by atoms with Crippen molar-refractivity contribution in [1.29, 1.82) is 0 Å². The third-order valence-electron chi connectivity index (χ3n) is 2.65. The molecule has 1 aromatic rings. The molecule has 0 saturated carbocycles. The average Bonchev–Trinajstić information content (AvgIpc) is 2.46. The van der Waals surface area contributed by atoms with Gasteiger partial charge in [0, 0.05) is 19.2 Å². The van der Waals surface area contributed by atoms with Gasteiger partial charge in [-0.15, -0.1) is 0 Å². The summed E-state index contributed by atoms with van der Waals surface area (Å²) >= 11 is 0. The van der Waals surface area contributed by atoms with Crippen LogP contribution in [0, 0.1) is 0 Å². The molecule has 1 rings (SSSR count). The first kappa shape index (κ1) is 16.1. The van der Waals surface area contributed by atoms with Crippen LogP contribution in [0.25, 0.3) is 0 Å². The Balaban J connectivity index is 3.01. The largest absolute Gasteiger partial charge is 0.494 e. The van der Waals surface area contributed by atoms with Gasteiger partial charge < -0.3 is 30.0 Å². The number of rotatable bonds is 7. The molecule has 0 aliphatic carbocycles. The van der Waals surface area contributed by atoms with Gasteiger partial charge in [0.1, 0.15) is 11.8 Å². The average molecular weight is 284 g/mol. The van der Waals surface area contributed by atoms with E-state index in [0.717, 1.165) is 0 Å².